The van der Waals surface area contributed by atoms with Crippen molar-refractivity contribution >= 4 is 5.91 Å². The number of amides is 1. The van der Waals surface area contributed by atoms with E-state index in [1.54, 1.807) is 11.1 Å². The van der Waals surface area contributed by atoms with Crippen molar-refractivity contribution in [2.45, 2.75) is 18.8 Å². The van der Waals surface area contributed by atoms with E-state index in [1.165, 1.54) is 0 Å². The van der Waals surface area contributed by atoms with Crippen LogP contribution in [0.1, 0.15) is 35.0 Å². The van der Waals surface area contributed by atoms with Crippen LogP contribution in [0, 0.1) is 0 Å². The maximum absolute atomic E-state index is 13.2. The van der Waals surface area contributed by atoms with Gasteiger partial charge in [0.25, 0.3) is 5.91 Å². The van der Waals surface area contributed by atoms with E-state index in [-0.39, 0.29) is 11.8 Å². The first kappa shape index (κ1) is 19.0. The molecule has 0 radical (unpaired) electrons. The minimum atomic E-state index is -0.570. The molecule has 1 N–H and O–H groups in total. The summed E-state index contributed by atoms with van der Waals surface area (Å²) < 4.78 is 6.95. The van der Waals surface area contributed by atoms with Crippen molar-refractivity contribution < 1.29 is 9.21 Å². The minimum Gasteiger partial charge on any atom is -0.392 e. The van der Waals surface area contributed by atoms with E-state index in [0.717, 1.165) is 29.8 Å². The van der Waals surface area contributed by atoms with Gasteiger partial charge < -0.3 is 9.32 Å². The molecule has 2 aromatic carbocycles. The third-order valence-corrected chi connectivity index (χ3v) is 5.56. The summed E-state index contributed by atoms with van der Waals surface area (Å²) in [6.07, 6.45) is 3.40. The lowest BCUT2D eigenvalue weighted by Gasteiger charge is -2.31. The number of piperidine rings is 1. The quantitative estimate of drug-likeness (QED) is 0.552. The molecule has 1 atom stereocenters. The Balaban J connectivity index is 1.40. The number of H-pyrrole nitrogens is 1. The molecule has 1 unspecified atom stereocenters. The van der Waals surface area contributed by atoms with Crippen LogP contribution >= 0.6 is 0 Å². The Bertz CT molecular complexity index is 1260. The molecular formula is C23H21N5O3. The van der Waals surface area contributed by atoms with Crippen molar-refractivity contribution in [2.24, 2.45) is 0 Å². The van der Waals surface area contributed by atoms with Gasteiger partial charge in [0.2, 0.25) is 5.89 Å². The molecule has 2 aromatic heterocycles. The van der Waals surface area contributed by atoms with Crippen molar-refractivity contribution in [3.63, 3.8) is 0 Å². The van der Waals surface area contributed by atoms with Crippen LogP contribution in [0.15, 0.2) is 76.1 Å². The van der Waals surface area contributed by atoms with Gasteiger partial charge >= 0.3 is 5.76 Å². The summed E-state index contributed by atoms with van der Waals surface area (Å²) in [4.78, 5) is 26.3. The van der Waals surface area contributed by atoms with Gasteiger partial charge in [0.1, 0.15) is 0 Å². The highest BCUT2D eigenvalue weighted by Crippen LogP contribution is 2.27. The molecule has 1 saturated heterocycles. The summed E-state index contributed by atoms with van der Waals surface area (Å²) in [6, 6.07) is 19.5. The van der Waals surface area contributed by atoms with E-state index in [0.29, 0.717) is 24.5 Å². The molecule has 0 spiro atoms. The lowest BCUT2D eigenvalue weighted by molar-refractivity contribution is 0.0697. The molecule has 8 heteroatoms. The summed E-state index contributed by atoms with van der Waals surface area (Å²) in [6.45, 7) is 1.12. The first-order chi connectivity index (χ1) is 15.2. The van der Waals surface area contributed by atoms with Crippen LogP contribution in [0.25, 0.3) is 16.9 Å². The molecule has 31 heavy (non-hydrogen) atoms. The molecule has 4 aromatic rings. The van der Waals surface area contributed by atoms with Gasteiger partial charge in [-0.3, -0.25) is 4.79 Å². The van der Waals surface area contributed by atoms with Gasteiger partial charge in [-0.05, 0) is 37.1 Å². The average molecular weight is 415 g/mol. The fraction of sp³-hybridized carbons (Fsp3) is 0.217. The molecule has 1 fully saturated rings. The Hall–Kier alpha value is -3.94. The van der Waals surface area contributed by atoms with Gasteiger partial charge in [-0.25, -0.2) is 14.6 Å². The Morgan fingerprint density at radius 2 is 1.97 bits per heavy atom. The van der Waals surface area contributed by atoms with Crippen LogP contribution in [0.3, 0.4) is 0 Å². The number of carbonyl (C=O) groups is 1. The van der Waals surface area contributed by atoms with Gasteiger partial charge in [0.15, 0.2) is 0 Å². The number of carbonyl (C=O) groups excluding carboxylic acids is 1. The third kappa shape index (κ3) is 3.79. The van der Waals surface area contributed by atoms with Crippen LogP contribution in [0.2, 0.25) is 0 Å². The number of aromatic nitrogens is 4. The summed E-state index contributed by atoms with van der Waals surface area (Å²) in [5.74, 6) is -0.353. The predicted molar refractivity (Wildman–Crippen MR) is 114 cm³/mol. The average Bonchev–Trinajstić information content (AvgIpc) is 3.49. The van der Waals surface area contributed by atoms with Crippen molar-refractivity contribution in [2.75, 3.05) is 13.1 Å². The Morgan fingerprint density at radius 1 is 1.10 bits per heavy atom. The number of nitrogens with one attached hydrogen (secondary N) is 1. The highest BCUT2D eigenvalue weighted by Gasteiger charge is 2.28. The zero-order chi connectivity index (χ0) is 21.2. The number of rotatable bonds is 4. The van der Waals surface area contributed by atoms with Crippen LogP contribution < -0.4 is 5.76 Å². The summed E-state index contributed by atoms with van der Waals surface area (Å²) >= 11 is 0. The zero-order valence-corrected chi connectivity index (χ0v) is 16.8. The second kappa shape index (κ2) is 8.06. The smallest absolute Gasteiger partial charge is 0.392 e. The van der Waals surface area contributed by atoms with E-state index in [9.17, 15) is 9.59 Å². The van der Waals surface area contributed by atoms with E-state index in [2.05, 4.69) is 15.3 Å². The topological polar surface area (TPSA) is 97.0 Å². The molecule has 1 aliphatic heterocycles. The van der Waals surface area contributed by atoms with Crippen molar-refractivity contribution in [3.8, 4) is 16.9 Å². The van der Waals surface area contributed by atoms with Gasteiger partial charge in [-0.1, -0.05) is 36.4 Å². The van der Waals surface area contributed by atoms with Gasteiger partial charge in [-0.2, -0.15) is 5.10 Å². The van der Waals surface area contributed by atoms with Gasteiger partial charge in [-0.15, -0.1) is 5.10 Å². The molecule has 8 nitrogen and oxygen atoms in total. The second-order valence-electron chi connectivity index (χ2n) is 7.59. The highest BCUT2D eigenvalue weighted by molar-refractivity contribution is 5.95. The first-order valence-electron chi connectivity index (χ1n) is 10.2. The molecule has 0 aliphatic carbocycles. The maximum Gasteiger partial charge on any atom is 0.434 e. The van der Waals surface area contributed by atoms with E-state index < -0.39 is 5.76 Å². The summed E-state index contributed by atoms with van der Waals surface area (Å²) in [5.41, 5.74) is 3.42. The highest BCUT2D eigenvalue weighted by atomic mass is 16.4. The Morgan fingerprint density at radius 3 is 2.77 bits per heavy atom. The molecule has 0 bridgehead atoms. The number of benzene rings is 2. The molecule has 1 amide bonds. The monoisotopic (exact) mass is 415 g/mol. The number of hydrogen-bond acceptors (Lipinski definition) is 5. The van der Waals surface area contributed by atoms with E-state index in [1.807, 2.05) is 65.3 Å². The first-order valence-corrected chi connectivity index (χ1v) is 10.2. The fourth-order valence-corrected chi connectivity index (χ4v) is 4.07. The van der Waals surface area contributed by atoms with Crippen molar-refractivity contribution in [1.82, 2.24) is 24.9 Å². The van der Waals surface area contributed by atoms with Gasteiger partial charge in [0.05, 0.1) is 23.5 Å². The molecular weight excluding hydrogens is 394 g/mol. The zero-order valence-electron chi connectivity index (χ0n) is 16.8. The summed E-state index contributed by atoms with van der Waals surface area (Å²) in [7, 11) is 0. The normalized spacial score (nSPS) is 16.4. The minimum absolute atomic E-state index is 0.0575. The molecule has 1 aliphatic rings. The molecule has 3 heterocycles. The van der Waals surface area contributed by atoms with Crippen molar-refractivity contribution in [1.29, 1.82) is 0 Å². The van der Waals surface area contributed by atoms with E-state index >= 15 is 0 Å². The number of aromatic amines is 1. The van der Waals surface area contributed by atoms with Crippen LogP contribution in [-0.4, -0.2) is 43.9 Å². The fourth-order valence-electron chi connectivity index (χ4n) is 4.07. The lowest BCUT2D eigenvalue weighted by atomic mass is 9.97. The number of likely N-dealkylation sites (tertiary alicyclic amines) is 1. The van der Waals surface area contributed by atoms with Crippen molar-refractivity contribution in [3.05, 3.63) is 88.9 Å². The largest absolute Gasteiger partial charge is 0.434 e. The number of nitrogens with zero attached hydrogens (tertiary/aromatic N) is 4. The maximum atomic E-state index is 13.2. The second-order valence-corrected chi connectivity index (χ2v) is 7.59. The van der Waals surface area contributed by atoms with Crippen LogP contribution in [0.5, 0.6) is 0 Å². The predicted octanol–water partition coefficient (Wildman–Crippen LogP) is 3.24. The molecule has 0 saturated carbocycles. The van der Waals surface area contributed by atoms with Crippen LogP contribution in [-0.2, 0) is 0 Å². The Kier molecular flexibility index (Phi) is 4.95. The van der Waals surface area contributed by atoms with Crippen LogP contribution in [0.4, 0.5) is 0 Å². The Labute approximate surface area is 178 Å². The molecule has 156 valence electrons. The summed E-state index contributed by atoms with van der Waals surface area (Å²) in [5, 5.41) is 10.7. The molecule has 5 rings (SSSR count). The SMILES string of the molecule is O=C(c1cccc(-n2nccc2-c2ccccc2)c1)N1CCCC(c2n[nH]c(=O)o2)C1. The van der Waals surface area contributed by atoms with Gasteiger partial charge in [0, 0.05) is 24.2 Å². The lowest BCUT2D eigenvalue weighted by Crippen LogP contribution is -2.39. The van der Waals surface area contributed by atoms with E-state index in [4.69, 9.17) is 4.42 Å². The number of hydrogen-bond donors (Lipinski definition) is 1. The standard InChI is InChI=1S/C23H21N5O3/c29-22(27-13-5-9-18(15-27)21-25-26-23(30)31-21)17-8-4-10-19(14-17)28-20(11-12-24-28)16-6-2-1-3-7-16/h1-4,6-8,10-12,14,18H,5,9,13,15H2,(H,26,30). The third-order valence-electron chi connectivity index (χ3n) is 5.56.